The number of aliphatic hydroxyl groups excluding tert-OH is 2. The van der Waals surface area contributed by atoms with Gasteiger partial charge in [0.25, 0.3) is 5.56 Å². The van der Waals surface area contributed by atoms with Crippen LogP contribution in [0.1, 0.15) is 17.2 Å². The summed E-state index contributed by atoms with van der Waals surface area (Å²) in [6.07, 6.45) is -7.53. The minimum Gasteiger partial charge on any atom is -0.388 e. The molecule has 0 aromatic carbocycles. The van der Waals surface area contributed by atoms with Gasteiger partial charge in [0.2, 0.25) is 5.82 Å². The summed E-state index contributed by atoms with van der Waals surface area (Å²) in [5, 5.41) is 19.4. The molecule has 1 aliphatic heterocycles. The van der Waals surface area contributed by atoms with Crippen molar-refractivity contribution in [3.05, 3.63) is 32.9 Å². The van der Waals surface area contributed by atoms with E-state index in [0.717, 1.165) is 0 Å². The van der Waals surface area contributed by atoms with Crippen molar-refractivity contribution in [3.63, 3.8) is 0 Å². The summed E-state index contributed by atoms with van der Waals surface area (Å²) < 4.78 is 40.4. The summed E-state index contributed by atoms with van der Waals surface area (Å²) in [5.41, 5.74) is -2.39. The lowest BCUT2D eigenvalue weighted by molar-refractivity contribution is -0.0356. The van der Waals surface area contributed by atoms with Gasteiger partial charge in [0.1, 0.15) is 12.2 Å². The number of nitrogens with one attached hydrogen (secondary N) is 1. The lowest BCUT2D eigenvalue weighted by Crippen LogP contribution is -2.38. The molecule has 0 saturated carbocycles. The average molecular weight is 249 g/mol. The highest BCUT2D eigenvalue weighted by Gasteiger charge is 2.41. The van der Waals surface area contributed by atoms with Crippen LogP contribution in [0.5, 0.6) is 0 Å². The fourth-order valence-corrected chi connectivity index (χ4v) is 1.47. The Morgan fingerprint density at radius 2 is 2.29 bits per heavy atom. The molecule has 7 nitrogen and oxygen atoms in total. The largest absolute Gasteiger partial charge is 0.388 e. The van der Waals surface area contributed by atoms with Gasteiger partial charge in [-0.2, -0.15) is 4.39 Å². The van der Waals surface area contributed by atoms with E-state index in [0.29, 0.717) is 10.8 Å². The quantitative estimate of drug-likeness (QED) is 0.551. The van der Waals surface area contributed by atoms with E-state index in [2.05, 4.69) is 0 Å². The molecule has 0 aliphatic carbocycles. The summed E-state index contributed by atoms with van der Waals surface area (Å²) in [5.74, 6) is -1.33. The maximum atomic E-state index is 13.2. The molecule has 1 aromatic heterocycles. The molecule has 1 aliphatic rings. The van der Waals surface area contributed by atoms with Gasteiger partial charge in [-0.1, -0.05) is 0 Å². The van der Waals surface area contributed by atoms with Gasteiger partial charge in [-0.3, -0.25) is 14.3 Å². The highest BCUT2D eigenvalue weighted by Crippen LogP contribution is 2.27. The Balaban J connectivity index is 2.48. The molecule has 8 heteroatoms. The Morgan fingerprint density at radius 3 is 2.88 bits per heavy atom. The standard InChI is InChI=1S/C9H11FN2O5/c1-3-5(13)6(14)8(17-3)12-2-4(10)7(15)11-9(12)16/h2-3,5-6,8,13-14H,1H3,(H,11,15,16)/t3-,5+,6-,8-/m1/s1/i1D2,3D. The van der Waals surface area contributed by atoms with Crippen molar-refractivity contribution in [1.29, 1.82) is 0 Å². The van der Waals surface area contributed by atoms with Gasteiger partial charge >= 0.3 is 5.69 Å². The number of ether oxygens (including phenoxy) is 1. The first-order valence-electron chi connectivity index (χ1n) is 6.23. The van der Waals surface area contributed by atoms with Gasteiger partial charge in [-0.05, 0) is 6.88 Å². The van der Waals surface area contributed by atoms with E-state index < -0.39 is 48.5 Å². The molecule has 0 unspecified atom stereocenters. The number of halogens is 1. The zero-order valence-corrected chi connectivity index (χ0v) is 8.33. The Hall–Kier alpha value is -1.51. The Morgan fingerprint density at radius 1 is 1.59 bits per heavy atom. The molecule has 1 fully saturated rings. The minimum absolute atomic E-state index is 0.448. The van der Waals surface area contributed by atoms with Crippen molar-refractivity contribution >= 4 is 0 Å². The maximum Gasteiger partial charge on any atom is 0.330 e. The van der Waals surface area contributed by atoms with Gasteiger partial charge in [-0.25, -0.2) is 4.79 Å². The number of aromatic nitrogens is 2. The first-order valence-corrected chi connectivity index (χ1v) is 4.58. The summed E-state index contributed by atoms with van der Waals surface area (Å²) >= 11 is 0. The fraction of sp³-hybridized carbons (Fsp3) is 0.556. The minimum atomic E-state index is -2.50. The highest BCUT2D eigenvalue weighted by molar-refractivity contribution is 4.93. The van der Waals surface area contributed by atoms with Crippen molar-refractivity contribution in [3.8, 4) is 0 Å². The molecule has 94 valence electrons. The summed E-state index contributed by atoms with van der Waals surface area (Å²) in [6, 6.07) is 0. The van der Waals surface area contributed by atoms with Crippen LogP contribution in [-0.2, 0) is 4.74 Å². The monoisotopic (exact) mass is 249 g/mol. The zero-order valence-electron chi connectivity index (χ0n) is 11.3. The molecule has 0 spiro atoms. The third-order valence-electron chi connectivity index (χ3n) is 2.36. The fourth-order valence-electron chi connectivity index (χ4n) is 1.47. The molecule has 2 heterocycles. The van der Waals surface area contributed by atoms with Crippen molar-refractivity contribution in [2.45, 2.75) is 31.4 Å². The Labute approximate surface area is 98.3 Å². The number of aromatic amines is 1. The van der Waals surface area contributed by atoms with Gasteiger partial charge in [0.15, 0.2) is 6.23 Å². The molecule has 4 atom stereocenters. The van der Waals surface area contributed by atoms with Crippen molar-refractivity contribution in [2.75, 3.05) is 0 Å². The Kier molecular flexibility index (Phi) is 2.04. The third kappa shape index (κ3) is 1.90. The highest BCUT2D eigenvalue weighted by atomic mass is 19.1. The molecule has 2 rings (SSSR count). The van der Waals surface area contributed by atoms with Crippen LogP contribution in [-0.4, -0.2) is 38.1 Å². The predicted octanol–water partition coefficient (Wildman–Crippen LogP) is -1.69. The zero-order chi connectivity index (χ0) is 15.2. The summed E-state index contributed by atoms with van der Waals surface area (Å²) in [7, 11) is 0. The predicted molar refractivity (Wildman–Crippen MR) is 52.9 cm³/mol. The van der Waals surface area contributed by atoms with Crippen LogP contribution in [0.3, 0.4) is 0 Å². The van der Waals surface area contributed by atoms with Gasteiger partial charge in [0, 0.05) is 2.74 Å². The first kappa shape index (κ1) is 8.56. The summed E-state index contributed by atoms with van der Waals surface area (Å²) in [4.78, 5) is 24.0. The van der Waals surface area contributed by atoms with Crippen LogP contribution in [0.25, 0.3) is 0 Å². The molecule has 17 heavy (non-hydrogen) atoms. The number of hydrogen-bond acceptors (Lipinski definition) is 5. The van der Waals surface area contributed by atoms with Crippen molar-refractivity contribution in [1.82, 2.24) is 9.55 Å². The van der Waals surface area contributed by atoms with E-state index in [1.54, 1.807) is 4.98 Å². The van der Waals surface area contributed by atoms with Crippen LogP contribution < -0.4 is 11.2 Å². The molecule has 1 saturated heterocycles. The number of H-pyrrole nitrogens is 1. The van der Waals surface area contributed by atoms with Crippen LogP contribution >= 0.6 is 0 Å². The second-order valence-electron chi connectivity index (χ2n) is 3.49. The molecule has 0 bridgehead atoms. The summed E-state index contributed by atoms with van der Waals surface area (Å²) in [6.45, 7) is -1.99. The van der Waals surface area contributed by atoms with Crippen LogP contribution in [0, 0.1) is 5.82 Å². The smallest absolute Gasteiger partial charge is 0.330 e. The average Bonchev–Trinajstić information content (AvgIpc) is 2.60. The van der Waals surface area contributed by atoms with Crippen LogP contribution in [0.2, 0.25) is 0 Å². The van der Waals surface area contributed by atoms with Gasteiger partial charge in [-0.15, -0.1) is 0 Å². The van der Waals surface area contributed by atoms with E-state index >= 15 is 0 Å². The molecule has 0 radical (unpaired) electrons. The Bertz CT molecular complexity index is 635. The third-order valence-corrected chi connectivity index (χ3v) is 2.36. The van der Waals surface area contributed by atoms with E-state index in [-0.39, 0.29) is 0 Å². The lowest BCUT2D eigenvalue weighted by atomic mass is 10.1. The second-order valence-corrected chi connectivity index (χ2v) is 3.49. The van der Waals surface area contributed by atoms with Crippen LogP contribution in [0.4, 0.5) is 4.39 Å². The van der Waals surface area contributed by atoms with Crippen molar-refractivity contribution < 1.29 is 23.5 Å². The molecular weight excluding hydrogens is 235 g/mol. The number of nitrogens with zero attached hydrogens (tertiary/aromatic N) is 1. The molecule has 0 amide bonds. The first-order chi connectivity index (χ1) is 9.18. The van der Waals surface area contributed by atoms with Crippen molar-refractivity contribution in [2.24, 2.45) is 0 Å². The second kappa shape index (κ2) is 4.06. The number of rotatable bonds is 1. The number of hydrogen-bond donors (Lipinski definition) is 3. The van der Waals surface area contributed by atoms with Gasteiger partial charge in [0.05, 0.1) is 13.6 Å². The normalized spacial score (nSPS) is 40.0. The molecule has 1 aromatic rings. The maximum absolute atomic E-state index is 13.2. The van der Waals surface area contributed by atoms with E-state index in [1.165, 1.54) is 0 Å². The number of aliphatic hydroxyl groups is 2. The van der Waals surface area contributed by atoms with E-state index in [4.69, 9.17) is 8.85 Å². The molecule has 3 N–H and O–H groups in total. The lowest BCUT2D eigenvalue weighted by Gasteiger charge is -2.16. The van der Waals surface area contributed by atoms with E-state index in [1.807, 2.05) is 0 Å². The topological polar surface area (TPSA) is 105 Å². The molecular formula is C9H11FN2O5. The van der Waals surface area contributed by atoms with Gasteiger partial charge < -0.3 is 14.9 Å². The van der Waals surface area contributed by atoms with E-state index in [9.17, 15) is 24.2 Å². The SMILES string of the molecule is [2H]C([2H])[C@@]1([2H])O[C@@H](n2cc(F)c(=O)[nH]c2=O)[C@H](O)[C@H]1O. The van der Waals surface area contributed by atoms with Crippen LogP contribution in [0.15, 0.2) is 15.8 Å².